The van der Waals surface area contributed by atoms with Crippen LogP contribution in [0.1, 0.15) is 25.7 Å². The van der Waals surface area contributed by atoms with Crippen molar-refractivity contribution in [1.82, 2.24) is 9.62 Å². The molecule has 1 N–H and O–H groups in total. The van der Waals surface area contributed by atoms with Crippen molar-refractivity contribution in [2.45, 2.75) is 36.6 Å². The van der Waals surface area contributed by atoms with Crippen LogP contribution in [0.15, 0.2) is 23.1 Å². The van der Waals surface area contributed by atoms with Crippen LogP contribution in [-0.4, -0.2) is 38.4 Å². The average Bonchev–Trinajstić information content (AvgIpc) is 3.01. The Hall–Kier alpha value is -0.760. The number of nitrogens with one attached hydrogen (secondary N) is 1. The third-order valence-electron chi connectivity index (χ3n) is 4.68. The maximum absolute atomic E-state index is 13.8. The van der Waals surface area contributed by atoms with E-state index in [1.165, 1.54) is 10.7 Å². The van der Waals surface area contributed by atoms with Gasteiger partial charge in [0.25, 0.3) is 0 Å². The molecule has 0 amide bonds. The number of benzene rings is 1. The van der Waals surface area contributed by atoms with E-state index in [-0.39, 0.29) is 12.4 Å². The lowest BCUT2D eigenvalue weighted by Gasteiger charge is -2.34. The molecule has 4 nitrogen and oxygen atoms in total. The zero-order chi connectivity index (χ0) is 15.7. The molecule has 0 bridgehead atoms. The van der Waals surface area contributed by atoms with Crippen molar-refractivity contribution in [3.8, 4) is 0 Å². The molecule has 2 saturated heterocycles. The van der Waals surface area contributed by atoms with Crippen LogP contribution in [0.5, 0.6) is 0 Å². The quantitative estimate of drug-likeness (QED) is 0.894. The van der Waals surface area contributed by atoms with Crippen molar-refractivity contribution in [2.75, 3.05) is 19.6 Å². The average molecular weight is 367 g/mol. The molecule has 0 radical (unpaired) electrons. The number of piperidine rings is 1. The Kier molecular flexibility index (Phi) is 5.99. The Morgan fingerprint density at radius 3 is 2.39 bits per heavy atom. The molecule has 0 aromatic heterocycles. The Balaban J connectivity index is 0.00000192. The molecule has 8 heteroatoms. The van der Waals surface area contributed by atoms with E-state index in [9.17, 15) is 17.2 Å². The molecule has 1 aromatic rings. The minimum absolute atomic E-state index is 0. The Labute approximate surface area is 141 Å². The van der Waals surface area contributed by atoms with Crippen molar-refractivity contribution < 1.29 is 17.2 Å². The topological polar surface area (TPSA) is 49.4 Å². The minimum atomic E-state index is -3.89. The van der Waals surface area contributed by atoms with Crippen molar-refractivity contribution in [1.29, 1.82) is 0 Å². The second-order valence-corrected chi connectivity index (χ2v) is 7.93. The summed E-state index contributed by atoms with van der Waals surface area (Å²) in [7, 11) is -3.89. The van der Waals surface area contributed by atoms with Crippen molar-refractivity contribution in [2.24, 2.45) is 5.92 Å². The smallest absolute Gasteiger partial charge is 0.245 e. The molecular formula is C15H21ClF2N2O2S. The summed E-state index contributed by atoms with van der Waals surface area (Å²) in [6, 6.07) is 3.07. The predicted molar refractivity (Wildman–Crippen MR) is 86.1 cm³/mol. The molecule has 2 aliphatic heterocycles. The molecule has 130 valence electrons. The van der Waals surface area contributed by atoms with Gasteiger partial charge in [-0.25, -0.2) is 17.2 Å². The fourth-order valence-corrected chi connectivity index (χ4v) is 4.97. The number of rotatable bonds is 3. The summed E-state index contributed by atoms with van der Waals surface area (Å²) >= 11 is 0. The van der Waals surface area contributed by atoms with Gasteiger partial charge in [0.2, 0.25) is 10.0 Å². The van der Waals surface area contributed by atoms with Crippen LogP contribution in [0, 0.1) is 17.6 Å². The number of halogens is 3. The number of hydrogen-bond acceptors (Lipinski definition) is 3. The van der Waals surface area contributed by atoms with E-state index in [2.05, 4.69) is 5.32 Å². The van der Waals surface area contributed by atoms with E-state index in [1.807, 2.05) is 0 Å². The molecule has 23 heavy (non-hydrogen) atoms. The van der Waals surface area contributed by atoms with Crippen LogP contribution in [0.25, 0.3) is 0 Å². The van der Waals surface area contributed by atoms with Crippen molar-refractivity contribution in [3.63, 3.8) is 0 Å². The molecule has 1 atom stereocenters. The monoisotopic (exact) mass is 366 g/mol. The van der Waals surface area contributed by atoms with Gasteiger partial charge in [0, 0.05) is 25.2 Å². The molecule has 0 spiro atoms. The number of hydrogen-bond donors (Lipinski definition) is 1. The third kappa shape index (κ3) is 3.84. The van der Waals surface area contributed by atoms with Crippen LogP contribution < -0.4 is 5.32 Å². The number of sulfonamides is 1. The predicted octanol–water partition coefficient (Wildman–Crippen LogP) is 2.54. The van der Waals surface area contributed by atoms with E-state index in [4.69, 9.17) is 0 Å². The highest BCUT2D eigenvalue weighted by atomic mass is 35.5. The van der Waals surface area contributed by atoms with E-state index in [0.717, 1.165) is 37.9 Å². The molecule has 1 aromatic carbocycles. The fraction of sp³-hybridized carbons (Fsp3) is 0.600. The third-order valence-corrected chi connectivity index (χ3v) is 6.61. The van der Waals surface area contributed by atoms with Gasteiger partial charge in [-0.1, -0.05) is 0 Å². The fourth-order valence-electron chi connectivity index (χ4n) is 3.46. The molecule has 3 rings (SSSR count). The van der Waals surface area contributed by atoms with E-state index in [1.54, 1.807) is 0 Å². The first-order chi connectivity index (χ1) is 10.5. The summed E-state index contributed by atoms with van der Waals surface area (Å²) < 4.78 is 53.0. The zero-order valence-electron chi connectivity index (χ0n) is 12.7. The maximum Gasteiger partial charge on any atom is 0.245 e. The van der Waals surface area contributed by atoms with Gasteiger partial charge < -0.3 is 5.32 Å². The van der Waals surface area contributed by atoms with Crippen LogP contribution in [0.2, 0.25) is 0 Å². The molecule has 0 aliphatic carbocycles. The van der Waals surface area contributed by atoms with Gasteiger partial charge in [0.1, 0.15) is 16.5 Å². The zero-order valence-corrected chi connectivity index (χ0v) is 14.3. The minimum Gasteiger partial charge on any atom is -0.314 e. The largest absolute Gasteiger partial charge is 0.314 e. The Bertz CT molecular complexity index is 643. The van der Waals surface area contributed by atoms with Gasteiger partial charge in [-0.15, -0.1) is 12.4 Å². The van der Waals surface area contributed by atoms with Gasteiger partial charge in [-0.05, 0) is 50.3 Å². The van der Waals surface area contributed by atoms with Crippen LogP contribution in [0.4, 0.5) is 8.78 Å². The van der Waals surface area contributed by atoms with Crippen molar-refractivity contribution >= 4 is 22.4 Å². The first-order valence-corrected chi connectivity index (χ1v) is 9.11. The first-order valence-electron chi connectivity index (χ1n) is 7.67. The van der Waals surface area contributed by atoms with Crippen LogP contribution in [0.3, 0.4) is 0 Å². The summed E-state index contributed by atoms with van der Waals surface area (Å²) in [4.78, 5) is -0.439. The standard InChI is InChI=1S/C15H20F2N2O2S.ClH/c16-12-3-4-15(13(17)10-12)22(20,21)19-8-5-11(6-9-19)14-2-1-7-18-14;/h3-4,10-11,14,18H,1-2,5-9H2;1H. The van der Waals surface area contributed by atoms with E-state index >= 15 is 0 Å². The maximum atomic E-state index is 13.8. The summed E-state index contributed by atoms with van der Waals surface area (Å²) in [5, 5.41) is 3.46. The lowest BCUT2D eigenvalue weighted by molar-refractivity contribution is 0.233. The molecular weight excluding hydrogens is 346 g/mol. The van der Waals surface area contributed by atoms with Crippen molar-refractivity contribution in [3.05, 3.63) is 29.8 Å². The summed E-state index contributed by atoms with van der Waals surface area (Å²) in [5.74, 6) is -1.32. The second kappa shape index (κ2) is 7.42. The number of nitrogens with zero attached hydrogens (tertiary/aromatic N) is 1. The van der Waals surface area contributed by atoms with Gasteiger partial charge in [-0.3, -0.25) is 0 Å². The SMILES string of the molecule is Cl.O=S(=O)(c1ccc(F)cc1F)N1CCC(C2CCCN2)CC1. The Morgan fingerprint density at radius 2 is 1.83 bits per heavy atom. The summed E-state index contributed by atoms with van der Waals surface area (Å²) in [6.07, 6.45) is 3.87. The van der Waals surface area contributed by atoms with E-state index < -0.39 is 26.6 Å². The lowest BCUT2D eigenvalue weighted by Crippen LogP contribution is -2.43. The highest BCUT2D eigenvalue weighted by Crippen LogP contribution is 2.29. The summed E-state index contributed by atoms with van der Waals surface area (Å²) in [6.45, 7) is 1.81. The first kappa shape index (κ1) is 18.6. The molecule has 0 saturated carbocycles. The lowest BCUT2D eigenvalue weighted by atomic mass is 9.89. The van der Waals surface area contributed by atoms with Gasteiger partial charge in [-0.2, -0.15) is 4.31 Å². The Morgan fingerprint density at radius 1 is 1.13 bits per heavy atom. The highest BCUT2D eigenvalue weighted by Gasteiger charge is 2.34. The van der Waals surface area contributed by atoms with Gasteiger partial charge in [0.15, 0.2) is 0 Å². The summed E-state index contributed by atoms with van der Waals surface area (Å²) in [5.41, 5.74) is 0. The van der Waals surface area contributed by atoms with Gasteiger partial charge in [0.05, 0.1) is 0 Å². The molecule has 1 unspecified atom stereocenters. The highest BCUT2D eigenvalue weighted by molar-refractivity contribution is 7.89. The molecule has 2 aliphatic rings. The van der Waals surface area contributed by atoms with Gasteiger partial charge >= 0.3 is 0 Å². The van der Waals surface area contributed by atoms with E-state index in [0.29, 0.717) is 31.1 Å². The van der Waals surface area contributed by atoms with Crippen LogP contribution in [-0.2, 0) is 10.0 Å². The van der Waals surface area contributed by atoms with Crippen LogP contribution >= 0.6 is 12.4 Å². The molecule has 2 fully saturated rings. The second-order valence-electron chi connectivity index (χ2n) is 6.02. The normalized spacial score (nSPS) is 23.7. The molecule has 2 heterocycles.